The maximum Gasteiger partial charge on any atom is 0.245 e. The van der Waals surface area contributed by atoms with E-state index in [2.05, 4.69) is 20.3 Å². The number of anilines is 1. The third-order valence-corrected chi connectivity index (χ3v) is 3.14. The van der Waals surface area contributed by atoms with Gasteiger partial charge in [0.15, 0.2) is 5.52 Å². The fourth-order valence-electron chi connectivity index (χ4n) is 2.02. The lowest BCUT2D eigenvalue weighted by molar-refractivity contribution is -0.114. The Morgan fingerprint density at radius 3 is 3.00 bits per heavy atom. The third kappa shape index (κ3) is 3.20. The summed E-state index contributed by atoms with van der Waals surface area (Å²) in [5.41, 5.74) is 1.01. The van der Waals surface area contributed by atoms with Crippen LogP contribution >= 0.6 is 11.6 Å². The monoisotopic (exact) mass is 308 g/mol. The van der Waals surface area contributed by atoms with Gasteiger partial charge in [0.25, 0.3) is 0 Å². The number of pyridine rings is 1. The maximum absolute atomic E-state index is 11.2. The lowest BCUT2D eigenvalue weighted by Crippen LogP contribution is -2.18. The standard InChI is InChI=1S/C13H13ClN4O3/c1-7(19)15-13-16-9-2-3-10(14)17-11(9)12(18-13)21-8-4-5-20-6-8/h2-3,8H,4-6H2,1H3,(H,15,16,18,19)/t8-/m1/s1. The van der Waals surface area contributed by atoms with Crippen LogP contribution in [0, 0.1) is 0 Å². The van der Waals surface area contributed by atoms with Gasteiger partial charge in [-0.2, -0.15) is 4.98 Å². The highest BCUT2D eigenvalue weighted by atomic mass is 35.5. The number of amides is 1. The van der Waals surface area contributed by atoms with Crippen molar-refractivity contribution in [2.45, 2.75) is 19.4 Å². The van der Waals surface area contributed by atoms with Crippen molar-refractivity contribution in [2.75, 3.05) is 18.5 Å². The summed E-state index contributed by atoms with van der Waals surface area (Å²) in [6.07, 6.45) is 0.690. The van der Waals surface area contributed by atoms with E-state index < -0.39 is 0 Å². The summed E-state index contributed by atoms with van der Waals surface area (Å²) in [5, 5.41) is 2.87. The number of carbonyl (C=O) groups excluding carboxylic acids is 1. The van der Waals surface area contributed by atoms with E-state index in [1.807, 2.05) is 0 Å². The topological polar surface area (TPSA) is 86.2 Å². The summed E-state index contributed by atoms with van der Waals surface area (Å²) in [6, 6.07) is 3.33. The number of hydrogen-bond donors (Lipinski definition) is 1. The van der Waals surface area contributed by atoms with Crippen molar-refractivity contribution >= 4 is 34.5 Å². The fraction of sp³-hybridized carbons (Fsp3) is 0.385. The van der Waals surface area contributed by atoms with Crippen molar-refractivity contribution < 1.29 is 14.3 Å². The molecule has 1 amide bonds. The SMILES string of the molecule is CC(=O)Nc1nc(O[C@@H]2CCOC2)c2nc(Cl)ccc2n1. The minimum absolute atomic E-state index is 0.0888. The van der Waals surface area contributed by atoms with Crippen molar-refractivity contribution in [2.24, 2.45) is 0 Å². The van der Waals surface area contributed by atoms with Gasteiger partial charge in [-0.3, -0.25) is 10.1 Å². The number of rotatable bonds is 3. The zero-order valence-corrected chi connectivity index (χ0v) is 12.1. The zero-order chi connectivity index (χ0) is 14.8. The molecule has 0 aromatic carbocycles. The van der Waals surface area contributed by atoms with E-state index in [-0.39, 0.29) is 18.0 Å². The predicted octanol–water partition coefficient (Wildman–Crippen LogP) is 1.80. The molecular weight excluding hydrogens is 296 g/mol. The van der Waals surface area contributed by atoms with Gasteiger partial charge >= 0.3 is 0 Å². The highest BCUT2D eigenvalue weighted by Crippen LogP contribution is 2.26. The largest absolute Gasteiger partial charge is 0.470 e. The van der Waals surface area contributed by atoms with Crippen LogP contribution in [0.4, 0.5) is 5.95 Å². The van der Waals surface area contributed by atoms with Crippen LogP contribution in [0.25, 0.3) is 11.0 Å². The molecular formula is C13H13ClN4O3. The van der Waals surface area contributed by atoms with Crippen molar-refractivity contribution in [3.63, 3.8) is 0 Å². The number of nitrogens with zero attached hydrogens (tertiary/aromatic N) is 3. The quantitative estimate of drug-likeness (QED) is 0.870. The molecule has 1 aliphatic heterocycles. The molecule has 1 aliphatic rings. The number of halogens is 1. The number of nitrogens with one attached hydrogen (secondary N) is 1. The molecule has 0 aliphatic carbocycles. The van der Waals surface area contributed by atoms with Crippen LogP contribution in [0.1, 0.15) is 13.3 Å². The summed E-state index contributed by atoms with van der Waals surface area (Å²) in [6.45, 7) is 2.54. The molecule has 21 heavy (non-hydrogen) atoms. The molecule has 2 aromatic heterocycles. The molecule has 1 atom stereocenters. The van der Waals surface area contributed by atoms with E-state index in [4.69, 9.17) is 21.1 Å². The molecule has 2 aromatic rings. The Bertz CT molecular complexity index is 688. The lowest BCUT2D eigenvalue weighted by Gasteiger charge is -2.13. The van der Waals surface area contributed by atoms with Gasteiger partial charge < -0.3 is 9.47 Å². The number of hydrogen-bond acceptors (Lipinski definition) is 6. The van der Waals surface area contributed by atoms with Crippen molar-refractivity contribution in [3.8, 4) is 5.88 Å². The molecule has 0 unspecified atom stereocenters. The minimum atomic E-state index is -0.258. The molecule has 1 N–H and O–H groups in total. The van der Waals surface area contributed by atoms with Crippen LogP contribution in [0.15, 0.2) is 12.1 Å². The first-order valence-electron chi connectivity index (χ1n) is 6.48. The van der Waals surface area contributed by atoms with Crippen LogP contribution in [0.2, 0.25) is 5.15 Å². The van der Waals surface area contributed by atoms with E-state index in [1.54, 1.807) is 12.1 Å². The van der Waals surface area contributed by atoms with Crippen molar-refractivity contribution in [1.29, 1.82) is 0 Å². The van der Waals surface area contributed by atoms with Crippen LogP contribution in [-0.4, -0.2) is 40.2 Å². The summed E-state index contributed by atoms with van der Waals surface area (Å²) in [7, 11) is 0. The first-order chi connectivity index (χ1) is 10.1. The third-order valence-electron chi connectivity index (χ3n) is 2.93. The number of ether oxygens (including phenoxy) is 2. The molecule has 7 nitrogen and oxygen atoms in total. The van der Waals surface area contributed by atoms with E-state index in [0.717, 1.165) is 6.42 Å². The Balaban J connectivity index is 2.03. The molecule has 0 saturated carbocycles. The molecule has 0 radical (unpaired) electrons. The van der Waals surface area contributed by atoms with Gasteiger partial charge in [-0.15, -0.1) is 0 Å². The predicted molar refractivity (Wildman–Crippen MR) is 76.5 cm³/mol. The first kappa shape index (κ1) is 14.0. The normalized spacial score (nSPS) is 17.9. The lowest BCUT2D eigenvalue weighted by atomic mass is 10.3. The van der Waals surface area contributed by atoms with Crippen LogP contribution < -0.4 is 10.1 Å². The Morgan fingerprint density at radius 2 is 2.29 bits per heavy atom. The van der Waals surface area contributed by atoms with Crippen molar-refractivity contribution in [3.05, 3.63) is 17.3 Å². The second-order valence-corrected chi connectivity index (χ2v) is 5.03. The molecule has 8 heteroatoms. The number of aromatic nitrogens is 3. The summed E-state index contributed by atoms with van der Waals surface area (Å²) < 4.78 is 11.1. The van der Waals surface area contributed by atoms with Gasteiger partial charge in [-0.25, -0.2) is 9.97 Å². The summed E-state index contributed by atoms with van der Waals surface area (Å²) in [4.78, 5) is 23.8. The Hall–Kier alpha value is -1.99. The van der Waals surface area contributed by atoms with Crippen LogP contribution in [0.5, 0.6) is 5.88 Å². The van der Waals surface area contributed by atoms with E-state index in [0.29, 0.717) is 35.3 Å². The molecule has 0 bridgehead atoms. The Labute approximate surface area is 125 Å². The molecule has 3 heterocycles. The molecule has 1 fully saturated rings. The maximum atomic E-state index is 11.2. The van der Waals surface area contributed by atoms with Crippen LogP contribution in [0.3, 0.4) is 0 Å². The minimum Gasteiger partial charge on any atom is -0.470 e. The second-order valence-electron chi connectivity index (χ2n) is 4.64. The van der Waals surface area contributed by atoms with E-state index >= 15 is 0 Å². The van der Waals surface area contributed by atoms with Gasteiger partial charge in [-0.05, 0) is 12.1 Å². The summed E-state index contributed by atoms with van der Waals surface area (Å²) in [5.74, 6) is 0.209. The molecule has 1 saturated heterocycles. The number of fused-ring (bicyclic) bond motifs is 1. The highest BCUT2D eigenvalue weighted by molar-refractivity contribution is 6.29. The molecule has 0 spiro atoms. The van der Waals surface area contributed by atoms with Crippen molar-refractivity contribution in [1.82, 2.24) is 15.0 Å². The average Bonchev–Trinajstić information content (AvgIpc) is 2.92. The zero-order valence-electron chi connectivity index (χ0n) is 11.3. The van der Waals surface area contributed by atoms with Crippen LogP contribution in [-0.2, 0) is 9.53 Å². The smallest absolute Gasteiger partial charge is 0.245 e. The number of carbonyl (C=O) groups is 1. The van der Waals surface area contributed by atoms with Gasteiger partial charge in [0.05, 0.1) is 18.7 Å². The summed E-state index contributed by atoms with van der Waals surface area (Å²) >= 11 is 5.91. The second kappa shape index (κ2) is 5.79. The van der Waals surface area contributed by atoms with E-state index in [1.165, 1.54) is 6.92 Å². The molecule has 110 valence electrons. The van der Waals surface area contributed by atoms with Gasteiger partial charge in [0.2, 0.25) is 17.7 Å². The Morgan fingerprint density at radius 1 is 1.43 bits per heavy atom. The first-order valence-corrected chi connectivity index (χ1v) is 6.86. The fourth-order valence-corrected chi connectivity index (χ4v) is 2.17. The van der Waals surface area contributed by atoms with Gasteiger partial charge in [0, 0.05) is 13.3 Å². The average molecular weight is 309 g/mol. The Kier molecular flexibility index (Phi) is 3.85. The van der Waals surface area contributed by atoms with Gasteiger partial charge in [0.1, 0.15) is 11.3 Å². The highest BCUT2D eigenvalue weighted by Gasteiger charge is 2.21. The van der Waals surface area contributed by atoms with E-state index in [9.17, 15) is 4.79 Å². The van der Waals surface area contributed by atoms with Gasteiger partial charge in [-0.1, -0.05) is 11.6 Å². The molecule has 3 rings (SSSR count).